The van der Waals surface area contributed by atoms with Crippen LogP contribution in [-0.4, -0.2) is 160 Å². The van der Waals surface area contributed by atoms with Gasteiger partial charge in [-0.1, -0.05) is 30.3 Å². The summed E-state index contributed by atoms with van der Waals surface area (Å²) in [5.41, 5.74) is 5.79. The Morgan fingerprint density at radius 1 is 0.628 bits per heavy atom. The molecule has 78 heavy (non-hydrogen) atoms. The number of fused-ring (bicyclic) bond motifs is 2. The van der Waals surface area contributed by atoms with Crippen LogP contribution in [0.5, 0.6) is 0 Å². The minimum atomic E-state index is -1.44. The number of halogens is 2. The molecule has 8 heterocycles. The molecule has 10 rings (SSSR count). The third-order valence-electron chi connectivity index (χ3n) is 16.3. The zero-order valence-electron chi connectivity index (χ0n) is 44.7. The number of carbonyl (C=O) groups is 4. The highest BCUT2D eigenvalue weighted by atomic mass is 19.1. The number of aryl methyl sites for hydroxylation is 4. The van der Waals surface area contributed by atoms with Gasteiger partial charge in [0, 0.05) is 125 Å². The second kappa shape index (κ2) is 25.6. The lowest BCUT2D eigenvalue weighted by Gasteiger charge is -2.30. The van der Waals surface area contributed by atoms with Crippen molar-refractivity contribution in [2.45, 2.75) is 100 Å². The average molecular weight is 1070 g/mol. The Morgan fingerprint density at radius 2 is 1.14 bits per heavy atom. The quantitative estimate of drug-likeness (QED) is 0.0514. The van der Waals surface area contributed by atoms with E-state index >= 15 is 8.78 Å². The van der Waals surface area contributed by atoms with Crippen LogP contribution in [0.25, 0.3) is 0 Å². The Labute approximate surface area is 456 Å². The van der Waals surface area contributed by atoms with Gasteiger partial charge in [0.15, 0.2) is 0 Å². The number of nitrogens with zero attached hydrogens (tertiary/aromatic N) is 6. The summed E-state index contributed by atoms with van der Waals surface area (Å²) in [5, 5.41) is 6.74. The van der Waals surface area contributed by atoms with Crippen LogP contribution >= 0.6 is 0 Å². The van der Waals surface area contributed by atoms with E-state index in [4.69, 9.17) is 28.9 Å². The molecule has 18 heteroatoms. The number of pyridine rings is 2. The first kappa shape index (κ1) is 55.0. The lowest BCUT2D eigenvalue weighted by molar-refractivity contribution is -0.159. The van der Waals surface area contributed by atoms with Crippen molar-refractivity contribution in [3.63, 3.8) is 0 Å². The summed E-state index contributed by atoms with van der Waals surface area (Å²) in [7, 11) is 0. The molecule has 0 spiro atoms. The maximum absolute atomic E-state index is 16.5. The van der Waals surface area contributed by atoms with Gasteiger partial charge in [-0.2, -0.15) is 0 Å². The molecule has 2 aromatic carbocycles. The third-order valence-corrected chi connectivity index (χ3v) is 16.3. The SMILES string of the molecule is O=C(/C=C/C(=O)OC(=O)C[C@H](CN1CCC(F)(CCc2ccc3c(n2)NCCC3)C1)c1cccc(N2CCOCC2)c1)OC(=O)C[C@H](CN1CCC(F)(CCc2ccc3c(n2)CCCN3)C1)c1cccc(N2CCOCC2)c1. The number of likely N-dealkylation sites (tertiary alicyclic amines) is 2. The van der Waals surface area contributed by atoms with Crippen molar-refractivity contribution >= 4 is 46.8 Å². The van der Waals surface area contributed by atoms with E-state index in [2.05, 4.69) is 26.5 Å². The van der Waals surface area contributed by atoms with Crippen molar-refractivity contribution in [3.05, 3.63) is 119 Å². The fourth-order valence-corrected chi connectivity index (χ4v) is 12.0. The van der Waals surface area contributed by atoms with Crippen LogP contribution in [0.4, 0.5) is 31.7 Å². The van der Waals surface area contributed by atoms with Crippen molar-refractivity contribution in [1.82, 2.24) is 19.8 Å². The minimum absolute atomic E-state index is 0.184. The molecule has 0 amide bonds. The molecule has 4 fully saturated rings. The predicted octanol–water partition coefficient (Wildman–Crippen LogP) is 7.30. The first-order valence-corrected chi connectivity index (χ1v) is 28.2. The molecule has 4 atom stereocenters. The van der Waals surface area contributed by atoms with Gasteiger partial charge in [-0.05, 0) is 123 Å². The van der Waals surface area contributed by atoms with Crippen LogP contribution in [0.15, 0.2) is 84.9 Å². The monoisotopic (exact) mass is 1070 g/mol. The standard InChI is InChI=1S/C60H74F2N8O8/c61-59(19-17-48-13-14-52-53(65-48)10-4-23-63-52)21-25-67(41-59)39-46(44-5-1-8-50(35-44)69-27-31-75-32-28-69)37-56(73)77-54(71)15-16-55(72)78-57(74)38-47(45-6-2-9-51(36-45)70-29-33-76-34-30-70)40-68-26-22-60(62,42-68)20-18-49-12-11-43-7-3-24-64-58(43)66-49/h1-2,5-6,8-9,11-16,35-36,46-47,63H,3-4,7,10,17-34,37-42H2,(H,64,66)/b16-15+/t46-,47-,59?,60?/m1/s1. The molecule has 16 nitrogen and oxygen atoms in total. The molecule has 4 saturated heterocycles. The number of nitrogens with one attached hydrogen (secondary N) is 2. The molecule has 0 bridgehead atoms. The van der Waals surface area contributed by atoms with Crippen molar-refractivity contribution in [1.29, 1.82) is 0 Å². The molecule has 2 aromatic heterocycles. The Morgan fingerprint density at radius 3 is 1.71 bits per heavy atom. The van der Waals surface area contributed by atoms with Crippen molar-refractivity contribution < 1.29 is 46.9 Å². The zero-order chi connectivity index (χ0) is 53.9. The number of benzene rings is 2. The molecule has 0 aliphatic carbocycles. The Bertz CT molecular complexity index is 2610. The van der Waals surface area contributed by atoms with Gasteiger partial charge in [-0.3, -0.25) is 24.4 Å². The van der Waals surface area contributed by atoms with E-state index in [1.54, 1.807) is 0 Å². The lowest BCUT2D eigenvalue weighted by atomic mass is 9.94. The zero-order valence-corrected chi connectivity index (χ0v) is 44.7. The van der Waals surface area contributed by atoms with Gasteiger partial charge in [0.2, 0.25) is 0 Å². The molecule has 2 unspecified atom stereocenters. The minimum Gasteiger partial charge on any atom is -0.390 e. The molecule has 0 saturated carbocycles. The van der Waals surface area contributed by atoms with E-state index in [0.29, 0.717) is 117 Å². The highest BCUT2D eigenvalue weighted by Crippen LogP contribution is 2.36. The summed E-state index contributed by atoms with van der Waals surface area (Å²) in [4.78, 5) is 71.5. The summed E-state index contributed by atoms with van der Waals surface area (Å²) in [5.74, 6) is -3.83. The lowest BCUT2D eigenvalue weighted by Crippen LogP contribution is -2.36. The fraction of sp³-hybridized carbons (Fsp3) is 0.533. The van der Waals surface area contributed by atoms with Crippen LogP contribution in [0.2, 0.25) is 0 Å². The average Bonchev–Trinajstić information content (AvgIpc) is 4.09. The maximum Gasteiger partial charge on any atom is 0.338 e. The summed E-state index contributed by atoms with van der Waals surface area (Å²) in [6, 6.07) is 23.9. The van der Waals surface area contributed by atoms with Gasteiger partial charge in [0.25, 0.3) is 0 Å². The number of hydrogen-bond acceptors (Lipinski definition) is 16. The molecule has 6 aliphatic rings. The maximum atomic E-state index is 16.5. The smallest absolute Gasteiger partial charge is 0.338 e. The first-order valence-electron chi connectivity index (χ1n) is 28.2. The van der Waals surface area contributed by atoms with Gasteiger partial charge in [0.05, 0.1) is 50.7 Å². The number of rotatable bonds is 20. The summed E-state index contributed by atoms with van der Waals surface area (Å²) in [6.07, 6.45) is 7.53. The first-order chi connectivity index (χ1) is 37.9. The van der Waals surface area contributed by atoms with E-state index in [1.807, 2.05) is 76.5 Å². The van der Waals surface area contributed by atoms with Gasteiger partial charge in [0.1, 0.15) is 17.2 Å². The topological polar surface area (TPSA) is 168 Å². The molecule has 0 radical (unpaired) electrons. The van der Waals surface area contributed by atoms with Crippen LogP contribution < -0.4 is 20.4 Å². The van der Waals surface area contributed by atoms with Crippen molar-refractivity contribution in [2.75, 3.05) is 125 Å². The largest absolute Gasteiger partial charge is 0.390 e. The Kier molecular flexibility index (Phi) is 18.1. The highest BCUT2D eigenvalue weighted by Gasteiger charge is 2.41. The summed E-state index contributed by atoms with van der Waals surface area (Å²) in [6.45, 7) is 9.16. The number of alkyl halides is 2. The number of hydrogen-bond donors (Lipinski definition) is 2. The predicted molar refractivity (Wildman–Crippen MR) is 294 cm³/mol. The van der Waals surface area contributed by atoms with E-state index in [1.165, 1.54) is 5.56 Å². The molecule has 4 aromatic rings. The number of carbonyl (C=O) groups excluding carboxylic acids is 4. The Balaban J connectivity index is 0.747. The van der Waals surface area contributed by atoms with Crippen LogP contribution in [0.3, 0.4) is 0 Å². The number of anilines is 4. The van der Waals surface area contributed by atoms with Crippen molar-refractivity contribution in [2.24, 2.45) is 0 Å². The van der Waals surface area contributed by atoms with Crippen LogP contribution in [-0.2, 0) is 63.8 Å². The Hall–Kier alpha value is -6.34. The van der Waals surface area contributed by atoms with E-state index in [9.17, 15) is 19.2 Å². The van der Waals surface area contributed by atoms with E-state index in [0.717, 1.165) is 102 Å². The van der Waals surface area contributed by atoms with Gasteiger partial charge in [-0.25, -0.2) is 23.4 Å². The third kappa shape index (κ3) is 14.9. The number of aromatic nitrogens is 2. The molecule has 416 valence electrons. The second-order valence-corrected chi connectivity index (χ2v) is 22.1. The van der Waals surface area contributed by atoms with Crippen LogP contribution in [0, 0.1) is 0 Å². The van der Waals surface area contributed by atoms with Gasteiger partial charge < -0.3 is 39.4 Å². The highest BCUT2D eigenvalue weighted by molar-refractivity contribution is 5.99. The van der Waals surface area contributed by atoms with Crippen LogP contribution in [0.1, 0.15) is 97.0 Å². The molecule has 6 aliphatic heterocycles. The molecular weight excluding hydrogens is 999 g/mol. The van der Waals surface area contributed by atoms with E-state index in [-0.39, 0.29) is 25.9 Å². The second-order valence-electron chi connectivity index (χ2n) is 22.1. The van der Waals surface area contributed by atoms with Crippen molar-refractivity contribution in [3.8, 4) is 0 Å². The van der Waals surface area contributed by atoms with Gasteiger partial charge in [-0.15, -0.1) is 0 Å². The molecular formula is C60H74F2N8O8. The number of esters is 4. The fourth-order valence-electron chi connectivity index (χ4n) is 12.0. The summed E-state index contributed by atoms with van der Waals surface area (Å²) >= 11 is 0. The summed E-state index contributed by atoms with van der Waals surface area (Å²) < 4.78 is 54.6. The van der Waals surface area contributed by atoms with E-state index < -0.39 is 47.1 Å². The van der Waals surface area contributed by atoms with Gasteiger partial charge >= 0.3 is 23.9 Å². The molecule has 2 N–H and O–H groups in total. The number of morpholine rings is 2. The number of ether oxygens (including phenoxy) is 4. The normalized spacial score (nSPS) is 22.5.